The summed E-state index contributed by atoms with van der Waals surface area (Å²) in [6, 6.07) is 0. The second kappa shape index (κ2) is 6.05. The van der Waals surface area contributed by atoms with Gasteiger partial charge < -0.3 is 5.21 Å². The first-order chi connectivity index (χ1) is 4.35. The van der Waals surface area contributed by atoms with E-state index in [1.54, 1.807) is 0 Å². The van der Waals surface area contributed by atoms with Gasteiger partial charge in [-0.2, -0.15) is 0 Å². The maximum Gasteiger partial charge on any atom is 0.0235 e. The third-order valence-electron chi connectivity index (χ3n) is 1.65. The lowest BCUT2D eigenvalue weighted by Gasteiger charge is -2.10. The van der Waals surface area contributed by atoms with Gasteiger partial charge in [-0.3, -0.25) is 0 Å². The van der Waals surface area contributed by atoms with Crippen LogP contribution in [-0.4, -0.2) is 11.8 Å². The Labute approximate surface area is 57.2 Å². The molecule has 0 saturated heterocycles. The number of hydrogen-bond acceptors (Lipinski definition) is 2. The van der Waals surface area contributed by atoms with E-state index in [2.05, 4.69) is 19.3 Å². The molecule has 1 atom stereocenters. The molecule has 0 bridgehead atoms. The molecule has 0 spiro atoms. The molecule has 0 fully saturated rings. The standard InChI is InChI=1S/C7H17NO/c1-3-5-7(4-2)6-8-9/h7-9H,3-6H2,1-2H3. The molecule has 0 rings (SSSR count). The van der Waals surface area contributed by atoms with Crippen molar-refractivity contribution in [3.05, 3.63) is 0 Å². The van der Waals surface area contributed by atoms with E-state index in [0.29, 0.717) is 5.92 Å². The van der Waals surface area contributed by atoms with E-state index in [-0.39, 0.29) is 0 Å². The van der Waals surface area contributed by atoms with Gasteiger partial charge in [0, 0.05) is 6.54 Å². The van der Waals surface area contributed by atoms with Crippen molar-refractivity contribution in [2.75, 3.05) is 6.54 Å². The summed E-state index contributed by atoms with van der Waals surface area (Å²) in [4.78, 5) is 0. The van der Waals surface area contributed by atoms with Crippen LogP contribution < -0.4 is 5.48 Å². The highest BCUT2D eigenvalue weighted by atomic mass is 16.5. The number of hydrogen-bond donors (Lipinski definition) is 2. The Bertz CT molecular complexity index is 50.9. The molecule has 0 aromatic carbocycles. The summed E-state index contributed by atoms with van der Waals surface area (Å²) in [5, 5.41) is 8.34. The zero-order valence-electron chi connectivity index (χ0n) is 6.35. The fraction of sp³-hybridized carbons (Fsp3) is 1.00. The largest absolute Gasteiger partial charge is 0.317 e. The van der Waals surface area contributed by atoms with Crippen LogP contribution >= 0.6 is 0 Å². The Kier molecular flexibility index (Phi) is 5.99. The molecule has 0 aliphatic heterocycles. The van der Waals surface area contributed by atoms with Crippen molar-refractivity contribution in [1.29, 1.82) is 0 Å². The Morgan fingerprint density at radius 3 is 2.44 bits per heavy atom. The van der Waals surface area contributed by atoms with Crippen LogP contribution in [0.25, 0.3) is 0 Å². The number of nitrogens with one attached hydrogen (secondary N) is 1. The van der Waals surface area contributed by atoms with Crippen LogP contribution in [0.5, 0.6) is 0 Å². The molecule has 0 heterocycles. The fourth-order valence-electron chi connectivity index (χ4n) is 0.988. The lowest BCUT2D eigenvalue weighted by atomic mass is 10.0. The highest BCUT2D eigenvalue weighted by Gasteiger charge is 2.01. The van der Waals surface area contributed by atoms with Crippen molar-refractivity contribution in [3.63, 3.8) is 0 Å². The van der Waals surface area contributed by atoms with Gasteiger partial charge in [-0.15, -0.1) is 0 Å². The molecule has 56 valence electrons. The highest BCUT2D eigenvalue weighted by molar-refractivity contribution is 4.55. The van der Waals surface area contributed by atoms with Crippen LogP contribution in [0.4, 0.5) is 0 Å². The Morgan fingerprint density at radius 2 is 2.11 bits per heavy atom. The van der Waals surface area contributed by atoms with Gasteiger partial charge in [-0.1, -0.05) is 26.7 Å². The molecule has 2 nitrogen and oxygen atoms in total. The number of hydroxylamine groups is 1. The molecule has 2 heteroatoms. The topological polar surface area (TPSA) is 32.3 Å². The van der Waals surface area contributed by atoms with E-state index < -0.39 is 0 Å². The lowest BCUT2D eigenvalue weighted by molar-refractivity contribution is 0.145. The average Bonchev–Trinajstić information content (AvgIpc) is 1.88. The van der Waals surface area contributed by atoms with Gasteiger partial charge in [-0.05, 0) is 12.3 Å². The molecule has 0 aliphatic carbocycles. The molecule has 0 aliphatic rings. The van der Waals surface area contributed by atoms with Gasteiger partial charge >= 0.3 is 0 Å². The van der Waals surface area contributed by atoms with Crippen LogP contribution in [0.1, 0.15) is 33.1 Å². The van der Waals surface area contributed by atoms with Crippen LogP contribution in [-0.2, 0) is 0 Å². The van der Waals surface area contributed by atoms with Gasteiger partial charge in [0.25, 0.3) is 0 Å². The van der Waals surface area contributed by atoms with Crippen LogP contribution in [0.15, 0.2) is 0 Å². The summed E-state index contributed by atoms with van der Waals surface area (Å²) < 4.78 is 0. The molecule has 0 aromatic heterocycles. The quantitative estimate of drug-likeness (QED) is 0.557. The third-order valence-corrected chi connectivity index (χ3v) is 1.65. The van der Waals surface area contributed by atoms with E-state index in [4.69, 9.17) is 5.21 Å². The zero-order valence-corrected chi connectivity index (χ0v) is 6.35. The average molecular weight is 131 g/mol. The van der Waals surface area contributed by atoms with Crippen molar-refractivity contribution < 1.29 is 5.21 Å². The second-order valence-corrected chi connectivity index (χ2v) is 2.43. The SMILES string of the molecule is CCCC(CC)CNO. The van der Waals surface area contributed by atoms with E-state index in [1.165, 1.54) is 12.8 Å². The summed E-state index contributed by atoms with van der Waals surface area (Å²) in [7, 11) is 0. The summed E-state index contributed by atoms with van der Waals surface area (Å²) in [5.74, 6) is 0.653. The summed E-state index contributed by atoms with van der Waals surface area (Å²) in [5.41, 5.74) is 2.20. The third kappa shape index (κ3) is 4.43. The highest BCUT2D eigenvalue weighted by Crippen LogP contribution is 2.08. The number of rotatable bonds is 5. The molecular formula is C7H17NO. The fourth-order valence-corrected chi connectivity index (χ4v) is 0.988. The molecule has 9 heavy (non-hydrogen) atoms. The van der Waals surface area contributed by atoms with Gasteiger partial charge in [0.15, 0.2) is 0 Å². The Balaban J connectivity index is 3.18. The van der Waals surface area contributed by atoms with E-state index in [1.807, 2.05) is 0 Å². The Hall–Kier alpha value is -0.0800. The molecule has 0 amide bonds. The van der Waals surface area contributed by atoms with Gasteiger partial charge in [-0.25, -0.2) is 5.48 Å². The minimum absolute atomic E-state index is 0.653. The lowest BCUT2D eigenvalue weighted by Crippen LogP contribution is -2.18. The molecule has 0 radical (unpaired) electrons. The predicted octanol–water partition coefficient (Wildman–Crippen LogP) is 1.79. The summed E-state index contributed by atoms with van der Waals surface area (Å²) >= 11 is 0. The van der Waals surface area contributed by atoms with E-state index in [9.17, 15) is 0 Å². The van der Waals surface area contributed by atoms with Crippen molar-refractivity contribution in [2.24, 2.45) is 5.92 Å². The first-order valence-electron chi connectivity index (χ1n) is 3.72. The summed E-state index contributed by atoms with van der Waals surface area (Å²) in [6.45, 7) is 5.06. The van der Waals surface area contributed by atoms with E-state index >= 15 is 0 Å². The predicted molar refractivity (Wildman–Crippen MR) is 38.5 cm³/mol. The first kappa shape index (κ1) is 8.92. The van der Waals surface area contributed by atoms with Crippen molar-refractivity contribution in [2.45, 2.75) is 33.1 Å². The monoisotopic (exact) mass is 131 g/mol. The summed E-state index contributed by atoms with van der Waals surface area (Å²) in [6.07, 6.45) is 3.58. The molecule has 1 unspecified atom stereocenters. The smallest absolute Gasteiger partial charge is 0.0235 e. The first-order valence-corrected chi connectivity index (χ1v) is 3.72. The van der Waals surface area contributed by atoms with Gasteiger partial charge in [0.05, 0.1) is 0 Å². The maximum absolute atomic E-state index is 8.34. The molecule has 0 aromatic rings. The van der Waals surface area contributed by atoms with Gasteiger partial charge in [0.1, 0.15) is 0 Å². The van der Waals surface area contributed by atoms with E-state index in [0.717, 1.165) is 13.0 Å². The zero-order chi connectivity index (χ0) is 7.11. The molecular weight excluding hydrogens is 114 g/mol. The van der Waals surface area contributed by atoms with Crippen LogP contribution in [0.3, 0.4) is 0 Å². The molecule has 2 N–H and O–H groups in total. The van der Waals surface area contributed by atoms with Crippen molar-refractivity contribution >= 4 is 0 Å². The van der Waals surface area contributed by atoms with Crippen molar-refractivity contribution in [3.8, 4) is 0 Å². The van der Waals surface area contributed by atoms with Gasteiger partial charge in [0.2, 0.25) is 0 Å². The van der Waals surface area contributed by atoms with Crippen LogP contribution in [0.2, 0.25) is 0 Å². The minimum Gasteiger partial charge on any atom is -0.317 e. The Morgan fingerprint density at radius 1 is 1.44 bits per heavy atom. The minimum atomic E-state index is 0.653. The van der Waals surface area contributed by atoms with Crippen molar-refractivity contribution in [1.82, 2.24) is 5.48 Å². The maximum atomic E-state index is 8.34. The van der Waals surface area contributed by atoms with Crippen LogP contribution in [0, 0.1) is 5.92 Å². The molecule has 0 saturated carbocycles. The second-order valence-electron chi connectivity index (χ2n) is 2.43. The normalized spacial score (nSPS) is 13.7.